The van der Waals surface area contributed by atoms with Gasteiger partial charge in [0.05, 0.1) is 0 Å². The van der Waals surface area contributed by atoms with Gasteiger partial charge in [0.25, 0.3) is 0 Å². The van der Waals surface area contributed by atoms with Crippen LogP contribution in [0.1, 0.15) is 47.1 Å². The van der Waals surface area contributed by atoms with Crippen molar-refractivity contribution in [3.8, 4) is 44.5 Å². The maximum Gasteiger partial charge on any atom is -0.00293 e. The van der Waals surface area contributed by atoms with Crippen molar-refractivity contribution >= 4 is 22.4 Å². The van der Waals surface area contributed by atoms with Crippen molar-refractivity contribution in [2.75, 3.05) is 0 Å². The largest absolute Gasteiger partial charge is 0.0842 e. The maximum atomic E-state index is 2.45. The molecule has 0 heteroatoms. The lowest BCUT2D eigenvalue weighted by Crippen LogP contribution is -2.04. The van der Waals surface area contributed by atoms with Gasteiger partial charge in [-0.05, 0) is 146 Å². The van der Waals surface area contributed by atoms with Crippen LogP contribution in [-0.4, -0.2) is 0 Å². The number of benzene rings is 6. The van der Waals surface area contributed by atoms with E-state index in [4.69, 9.17) is 0 Å². The zero-order valence-electron chi connectivity index (χ0n) is 26.7. The first-order chi connectivity index (χ1) is 22.7. The van der Waals surface area contributed by atoms with Crippen LogP contribution in [0, 0.1) is 13.8 Å². The summed E-state index contributed by atoms with van der Waals surface area (Å²) < 4.78 is 0. The molecule has 0 amide bonds. The Bertz CT molecular complexity index is 2200. The van der Waals surface area contributed by atoms with Gasteiger partial charge in [0, 0.05) is 0 Å². The van der Waals surface area contributed by atoms with E-state index in [0.717, 1.165) is 25.7 Å². The van der Waals surface area contributed by atoms with Gasteiger partial charge in [-0.3, -0.25) is 0 Å². The van der Waals surface area contributed by atoms with Crippen molar-refractivity contribution in [1.29, 1.82) is 0 Å². The molecule has 2 aliphatic carbocycles. The number of rotatable bonds is 5. The quantitative estimate of drug-likeness (QED) is 0.187. The molecule has 0 unspecified atom stereocenters. The van der Waals surface area contributed by atoms with Gasteiger partial charge in [-0.25, -0.2) is 0 Å². The summed E-state index contributed by atoms with van der Waals surface area (Å²) in [5.41, 5.74) is 18.7. The molecule has 0 bridgehead atoms. The van der Waals surface area contributed by atoms with Gasteiger partial charge in [-0.1, -0.05) is 127 Å². The van der Waals surface area contributed by atoms with E-state index >= 15 is 0 Å². The van der Waals surface area contributed by atoms with Gasteiger partial charge < -0.3 is 0 Å². The maximum absolute atomic E-state index is 2.45. The molecule has 2 aliphatic rings. The van der Waals surface area contributed by atoms with Crippen LogP contribution in [0.15, 0.2) is 140 Å². The molecule has 0 atom stereocenters. The fraction of sp³-hybridized carbons (Fsp3) is 0.130. The Morgan fingerprint density at radius 3 is 1.96 bits per heavy atom. The van der Waals surface area contributed by atoms with E-state index in [-0.39, 0.29) is 0 Å². The van der Waals surface area contributed by atoms with Gasteiger partial charge in [-0.2, -0.15) is 0 Å². The summed E-state index contributed by atoms with van der Waals surface area (Å²) >= 11 is 0. The molecule has 0 saturated carbocycles. The van der Waals surface area contributed by atoms with Gasteiger partial charge in [0.15, 0.2) is 0 Å². The Balaban J connectivity index is 1.45. The molecule has 0 nitrogen and oxygen atoms in total. The predicted molar refractivity (Wildman–Crippen MR) is 199 cm³/mol. The molecule has 0 saturated heterocycles. The van der Waals surface area contributed by atoms with E-state index in [1.807, 2.05) is 0 Å². The zero-order valence-corrected chi connectivity index (χ0v) is 26.7. The number of hydrogen-bond donors (Lipinski definition) is 0. The molecule has 222 valence electrons. The second kappa shape index (κ2) is 12.0. The van der Waals surface area contributed by atoms with Crippen molar-refractivity contribution in [2.45, 2.75) is 39.5 Å². The summed E-state index contributed by atoms with van der Waals surface area (Å²) in [7, 11) is 0. The zero-order chi connectivity index (χ0) is 31.0. The first kappa shape index (κ1) is 28.3. The van der Waals surface area contributed by atoms with Crippen LogP contribution in [0.2, 0.25) is 0 Å². The third-order valence-corrected chi connectivity index (χ3v) is 9.88. The summed E-state index contributed by atoms with van der Waals surface area (Å²) in [5.74, 6) is 0. The van der Waals surface area contributed by atoms with E-state index in [0.29, 0.717) is 0 Å². The normalized spacial score (nSPS) is 13.9. The van der Waals surface area contributed by atoms with Crippen molar-refractivity contribution in [1.82, 2.24) is 0 Å². The third kappa shape index (κ3) is 4.95. The lowest BCUT2D eigenvalue weighted by molar-refractivity contribution is 0.991. The Morgan fingerprint density at radius 2 is 1.15 bits per heavy atom. The highest BCUT2D eigenvalue weighted by Gasteiger charge is 2.24. The highest BCUT2D eigenvalue weighted by Crippen LogP contribution is 2.48. The minimum absolute atomic E-state index is 1.03. The second-order valence-electron chi connectivity index (χ2n) is 12.8. The molecule has 0 spiro atoms. The van der Waals surface area contributed by atoms with Crippen molar-refractivity contribution in [3.63, 3.8) is 0 Å². The Hall–Kier alpha value is -5.20. The SMILES string of the molecule is Cc1ccccc1-c1c(C)cccc1-c1c2c(c(-c3cc(C4=CC=CCC4)cc(-c4ccccc4)c3)c3ccccc13)C=CCC2. The number of allylic oxidation sites excluding steroid dienone is 5. The van der Waals surface area contributed by atoms with Crippen LogP contribution >= 0.6 is 0 Å². The molecule has 0 aromatic heterocycles. The van der Waals surface area contributed by atoms with Gasteiger partial charge in [-0.15, -0.1) is 0 Å². The van der Waals surface area contributed by atoms with Crippen LogP contribution in [0.4, 0.5) is 0 Å². The molecular formula is C46H38. The van der Waals surface area contributed by atoms with Gasteiger partial charge in [0.1, 0.15) is 0 Å². The molecule has 0 radical (unpaired) electrons. The van der Waals surface area contributed by atoms with Crippen molar-refractivity contribution in [3.05, 3.63) is 167 Å². The number of aryl methyl sites for hydroxylation is 2. The summed E-state index contributed by atoms with van der Waals surface area (Å²) in [6, 6.07) is 43.0. The fourth-order valence-corrected chi connectivity index (χ4v) is 7.69. The van der Waals surface area contributed by atoms with Crippen molar-refractivity contribution < 1.29 is 0 Å². The smallest absolute Gasteiger partial charge is 0.00293 e. The summed E-state index contributed by atoms with van der Waals surface area (Å²) in [5, 5.41) is 2.65. The molecule has 0 N–H and O–H groups in total. The lowest BCUT2D eigenvalue weighted by atomic mass is 9.77. The predicted octanol–water partition coefficient (Wildman–Crippen LogP) is 12.8. The van der Waals surface area contributed by atoms with Crippen LogP contribution in [0.25, 0.3) is 66.9 Å². The first-order valence-electron chi connectivity index (χ1n) is 16.6. The molecule has 6 aromatic rings. The van der Waals surface area contributed by atoms with E-state index in [1.165, 1.54) is 88.7 Å². The molecular weight excluding hydrogens is 553 g/mol. The van der Waals surface area contributed by atoms with Crippen LogP contribution < -0.4 is 0 Å². The van der Waals surface area contributed by atoms with E-state index in [1.54, 1.807) is 0 Å². The fourth-order valence-electron chi connectivity index (χ4n) is 7.69. The standard InChI is InChI=1S/C46H38/c1-31-16-9-10-22-38(31)44-32(2)17-15-27-43(44)46-41-25-13-11-23-39(41)45(40-24-12-14-26-42(40)46)37-29-35(33-18-5-3-6-19-33)28-36(30-37)34-20-7-4-8-21-34/h3-7,9-13,15-20,22-25,27-30H,8,14,21,26H2,1-2H3. The lowest BCUT2D eigenvalue weighted by Gasteiger charge is -2.26. The Labute approximate surface area is 273 Å². The molecule has 6 aromatic carbocycles. The molecule has 0 aliphatic heterocycles. The first-order valence-corrected chi connectivity index (χ1v) is 16.6. The summed E-state index contributed by atoms with van der Waals surface area (Å²) in [4.78, 5) is 0. The van der Waals surface area contributed by atoms with Crippen LogP contribution in [-0.2, 0) is 6.42 Å². The summed E-state index contributed by atoms with van der Waals surface area (Å²) in [6.45, 7) is 4.50. The molecule has 0 fully saturated rings. The highest BCUT2D eigenvalue weighted by atomic mass is 14.3. The van der Waals surface area contributed by atoms with Crippen LogP contribution in [0.5, 0.6) is 0 Å². The van der Waals surface area contributed by atoms with E-state index in [9.17, 15) is 0 Å². The topological polar surface area (TPSA) is 0 Å². The number of fused-ring (bicyclic) bond motifs is 2. The molecule has 46 heavy (non-hydrogen) atoms. The second-order valence-corrected chi connectivity index (χ2v) is 12.8. The highest BCUT2D eigenvalue weighted by molar-refractivity contribution is 6.12. The number of hydrogen-bond acceptors (Lipinski definition) is 0. The average molecular weight is 591 g/mol. The molecule has 8 rings (SSSR count). The average Bonchev–Trinajstić information content (AvgIpc) is 3.11. The van der Waals surface area contributed by atoms with Gasteiger partial charge >= 0.3 is 0 Å². The minimum atomic E-state index is 1.03. The summed E-state index contributed by atoms with van der Waals surface area (Å²) in [6.07, 6.45) is 15.8. The van der Waals surface area contributed by atoms with Crippen molar-refractivity contribution in [2.24, 2.45) is 0 Å². The van der Waals surface area contributed by atoms with Gasteiger partial charge in [0.2, 0.25) is 0 Å². The Kier molecular flexibility index (Phi) is 7.35. The Morgan fingerprint density at radius 1 is 0.478 bits per heavy atom. The monoisotopic (exact) mass is 590 g/mol. The van der Waals surface area contributed by atoms with E-state index in [2.05, 4.69) is 159 Å². The third-order valence-electron chi connectivity index (χ3n) is 9.88. The van der Waals surface area contributed by atoms with Crippen LogP contribution in [0.3, 0.4) is 0 Å². The molecule has 0 heterocycles. The minimum Gasteiger partial charge on any atom is -0.0842 e. The van der Waals surface area contributed by atoms with E-state index < -0.39 is 0 Å².